The lowest BCUT2D eigenvalue weighted by Gasteiger charge is -2.11. The van der Waals surface area contributed by atoms with Crippen molar-refractivity contribution in [1.29, 1.82) is 0 Å². The minimum atomic E-state index is -4.57. The number of nitrogens with zero attached hydrogens (tertiary/aromatic N) is 2. The lowest BCUT2D eigenvalue weighted by Crippen LogP contribution is -2.15. The highest BCUT2D eigenvalue weighted by atomic mass is 19.4. The lowest BCUT2D eigenvalue weighted by molar-refractivity contribution is -0.144. The molecule has 0 saturated heterocycles. The Hall–Kier alpha value is -2.31. The van der Waals surface area contributed by atoms with E-state index >= 15 is 0 Å². The van der Waals surface area contributed by atoms with Crippen molar-refractivity contribution < 1.29 is 13.2 Å². The summed E-state index contributed by atoms with van der Waals surface area (Å²) in [5.41, 5.74) is 1.10. The molecule has 0 spiro atoms. The van der Waals surface area contributed by atoms with E-state index in [0.717, 1.165) is 5.56 Å². The summed E-state index contributed by atoms with van der Waals surface area (Å²) in [5, 5.41) is 5.49. The van der Waals surface area contributed by atoms with Crippen LogP contribution in [-0.2, 0) is 12.6 Å². The van der Waals surface area contributed by atoms with Gasteiger partial charge < -0.3 is 10.6 Å². The largest absolute Gasteiger partial charge is 0.451 e. The Morgan fingerprint density at radius 3 is 2.33 bits per heavy atom. The third kappa shape index (κ3) is 4.34. The van der Waals surface area contributed by atoms with E-state index < -0.39 is 12.0 Å². The predicted molar refractivity (Wildman–Crippen MR) is 75.2 cm³/mol. The van der Waals surface area contributed by atoms with E-state index in [-0.39, 0.29) is 11.6 Å². The SMILES string of the molecule is CNc1cc(NCCc2ccccc2)nc(C(F)(F)F)n1. The molecule has 2 aromatic rings. The molecule has 0 amide bonds. The van der Waals surface area contributed by atoms with Gasteiger partial charge in [-0.15, -0.1) is 0 Å². The maximum atomic E-state index is 12.7. The molecule has 1 aromatic carbocycles. The van der Waals surface area contributed by atoms with Crippen LogP contribution in [0.3, 0.4) is 0 Å². The molecular formula is C14H15F3N4. The molecule has 0 radical (unpaired) electrons. The zero-order chi connectivity index (χ0) is 15.3. The van der Waals surface area contributed by atoms with Crippen LogP contribution >= 0.6 is 0 Å². The van der Waals surface area contributed by atoms with Crippen molar-refractivity contribution in [3.63, 3.8) is 0 Å². The van der Waals surface area contributed by atoms with Crippen molar-refractivity contribution in [3.8, 4) is 0 Å². The summed E-state index contributed by atoms with van der Waals surface area (Å²) in [4.78, 5) is 6.90. The van der Waals surface area contributed by atoms with Crippen LogP contribution < -0.4 is 10.6 Å². The molecule has 0 aliphatic carbocycles. The number of halogens is 3. The van der Waals surface area contributed by atoms with Crippen LogP contribution in [0.15, 0.2) is 36.4 Å². The first-order valence-electron chi connectivity index (χ1n) is 6.41. The van der Waals surface area contributed by atoms with Gasteiger partial charge in [0, 0.05) is 19.7 Å². The van der Waals surface area contributed by atoms with E-state index in [1.54, 1.807) is 0 Å². The molecule has 0 unspecified atom stereocenters. The maximum Gasteiger partial charge on any atom is 0.451 e. The average molecular weight is 296 g/mol. The minimum Gasteiger partial charge on any atom is -0.373 e. The number of hydrogen-bond acceptors (Lipinski definition) is 4. The number of nitrogens with one attached hydrogen (secondary N) is 2. The highest BCUT2D eigenvalue weighted by Crippen LogP contribution is 2.28. The number of aromatic nitrogens is 2. The van der Waals surface area contributed by atoms with Gasteiger partial charge >= 0.3 is 6.18 Å². The summed E-state index contributed by atoms with van der Waals surface area (Å²) in [6.45, 7) is 0.488. The van der Waals surface area contributed by atoms with Gasteiger partial charge in [0.25, 0.3) is 0 Å². The van der Waals surface area contributed by atoms with Crippen LogP contribution in [0, 0.1) is 0 Å². The molecule has 21 heavy (non-hydrogen) atoms. The van der Waals surface area contributed by atoms with Crippen molar-refractivity contribution in [2.45, 2.75) is 12.6 Å². The van der Waals surface area contributed by atoms with E-state index in [4.69, 9.17) is 0 Å². The van der Waals surface area contributed by atoms with Gasteiger partial charge in [0.15, 0.2) is 0 Å². The van der Waals surface area contributed by atoms with Gasteiger partial charge in [-0.1, -0.05) is 30.3 Å². The second-order valence-corrected chi connectivity index (χ2v) is 4.37. The molecule has 1 heterocycles. The number of benzene rings is 1. The van der Waals surface area contributed by atoms with Crippen molar-refractivity contribution in [2.75, 3.05) is 24.2 Å². The van der Waals surface area contributed by atoms with Gasteiger partial charge in [-0.2, -0.15) is 13.2 Å². The van der Waals surface area contributed by atoms with Gasteiger partial charge in [0.05, 0.1) is 0 Å². The third-order valence-corrected chi connectivity index (χ3v) is 2.80. The second-order valence-electron chi connectivity index (χ2n) is 4.37. The van der Waals surface area contributed by atoms with Gasteiger partial charge in [-0.25, -0.2) is 9.97 Å². The Morgan fingerprint density at radius 2 is 1.71 bits per heavy atom. The third-order valence-electron chi connectivity index (χ3n) is 2.80. The fourth-order valence-corrected chi connectivity index (χ4v) is 1.77. The van der Waals surface area contributed by atoms with Crippen LogP contribution in [0.2, 0.25) is 0 Å². The maximum absolute atomic E-state index is 12.7. The average Bonchev–Trinajstić information content (AvgIpc) is 2.47. The molecule has 1 aromatic heterocycles. The summed E-state index contributed by atoms with van der Waals surface area (Å²) in [7, 11) is 1.51. The summed E-state index contributed by atoms with van der Waals surface area (Å²) >= 11 is 0. The monoisotopic (exact) mass is 296 g/mol. The standard InChI is InChI=1S/C14H15F3N4/c1-18-11-9-12(21-13(20-11)14(15,16)17)19-8-7-10-5-3-2-4-6-10/h2-6,9H,7-8H2,1H3,(H2,18,19,20,21). The van der Waals surface area contributed by atoms with Crippen LogP contribution in [0.5, 0.6) is 0 Å². The zero-order valence-corrected chi connectivity index (χ0v) is 11.4. The topological polar surface area (TPSA) is 49.8 Å². The van der Waals surface area contributed by atoms with Crippen molar-refractivity contribution in [2.24, 2.45) is 0 Å². The van der Waals surface area contributed by atoms with E-state index in [1.165, 1.54) is 13.1 Å². The normalized spacial score (nSPS) is 11.2. The molecule has 0 saturated carbocycles. The Kier molecular flexibility index (Phi) is 4.62. The smallest absolute Gasteiger partial charge is 0.373 e. The summed E-state index contributed by atoms with van der Waals surface area (Å²) < 4.78 is 38.1. The number of alkyl halides is 3. The zero-order valence-electron chi connectivity index (χ0n) is 11.4. The van der Waals surface area contributed by atoms with E-state index in [0.29, 0.717) is 13.0 Å². The number of hydrogen-bond donors (Lipinski definition) is 2. The van der Waals surface area contributed by atoms with E-state index in [1.807, 2.05) is 30.3 Å². The van der Waals surface area contributed by atoms with Gasteiger partial charge in [0.2, 0.25) is 5.82 Å². The first kappa shape index (κ1) is 15.1. The Labute approximate surface area is 120 Å². The minimum absolute atomic E-state index is 0.125. The Balaban J connectivity index is 2.05. The molecule has 0 atom stereocenters. The highest BCUT2D eigenvalue weighted by Gasteiger charge is 2.35. The summed E-state index contributed by atoms with van der Waals surface area (Å²) in [6.07, 6.45) is -3.87. The summed E-state index contributed by atoms with van der Waals surface area (Å²) in [6, 6.07) is 11.1. The predicted octanol–water partition coefficient (Wildman–Crippen LogP) is 3.19. The van der Waals surface area contributed by atoms with E-state index in [2.05, 4.69) is 20.6 Å². The highest BCUT2D eigenvalue weighted by molar-refractivity contribution is 5.47. The molecule has 7 heteroatoms. The van der Waals surface area contributed by atoms with Crippen LogP contribution in [0.1, 0.15) is 11.4 Å². The van der Waals surface area contributed by atoms with Crippen molar-refractivity contribution >= 4 is 11.6 Å². The van der Waals surface area contributed by atoms with Crippen LogP contribution in [0.25, 0.3) is 0 Å². The van der Waals surface area contributed by atoms with Crippen LogP contribution in [0.4, 0.5) is 24.8 Å². The fraction of sp³-hybridized carbons (Fsp3) is 0.286. The second kappa shape index (κ2) is 6.43. The Bertz CT molecular complexity index is 585. The quantitative estimate of drug-likeness (QED) is 0.889. The number of anilines is 2. The van der Waals surface area contributed by atoms with E-state index in [9.17, 15) is 13.2 Å². The molecule has 2 rings (SSSR count). The van der Waals surface area contributed by atoms with Gasteiger partial charge in [0.1, 0.15) is 11.6 Å². The van der Waals surface area contributed by atoms with Gasteiger partial charge in [-0.3, -0.25) is 0 Å². The van der Waals surface area contributed by atoms with Crippen LogP contribution in [-0.4, -0.2) is 23.6 Å². The Morgan fingerprint density at radius 1 is 1.05 bits per heavy atom. The fourth-order valence-electron chi connectivity index (χ4n) is 1.77. The molecule has 2 N–H and O–H groups in total. The van der Waals surface area contributed by atoms with Gasteiger partial charge in [-0.05, 0) is 12.0 Å². The molecule has 0 fully saturated rings. The summed E-state index contributed by atoms with van der Waals surface area (Å²) in [5.74, 6) is -0.881. The molecule has 0 aliphatic rings. The van der Waals surface area contributed by atoms with Crippen molar-refractivity contribution in [1.82, 2.24) is 9.97 Å². The molecular weight excluding hydrogens is 281 g/mol. The molecule has 0 bridgehead atoms. The first-order valence-corrected chi connectivity index (χ1v) is 6.41. The first-order chi connectivity index (χ1) is 9.99. The molecule has 112 valence electrons. The molecule has 4 nitrogen and oxygen atoms in total. The number of rotatable bonds is 5. The molecule has 0 aliphatic heterocycles. The lowest BCUT2D eigenvalue weighted by atomic mass is 10.1. The van der Waals surface area contributed by atoms with Crippen molar-refractivity contribution in [3.05, 3.63) is 47.8 Å².